The van der Waals surface area contributed by atoms with E-state index >= 15 is 0 Å². The summed E-state index contributed by atoms with van der Waals surface area (Å²) in [6.45, 7) is 0. The van der Waals surface area contributed by atoms with Crippen molar-refractivity contribution >= 4 is 56.9 Å². The Hall–Kier alpha value is -3.38. The summed E-state index contributed by atoms with van der Waals surface area (Å²) in [5.41, 5.74) is 3.06. The molecule has 0 N–H and O–H groups in total. The van der Waals surface area contributed by atoms with Crippen LogP contribution in [0.3, 0.4) is 0 Å². The Bertz CT molecular complexity index is 1780. The first-order chi connectivity index (χ1) is 21.0. The van der Waals surface area contributed by atoms with Crippen molar-refractivity contribution in [2.24, 2.45) is 0 Å². The highest BCUT2D eigenvalue weighted by atomic mass is 32.4. The molecule has 6 rings (SSSR count). The molecule has 0 amide bonds. The van der Waals surface area contributed by atoms with E-state index in [1.165, 1.54) is 0 Å². The van der Waals surface area contributed by atoms with Crippen LogP contribution in [0.25, 0.3) is 11.1 Å². The lowest BCUT2D eigenvalue weighted by atomic mass is 10.0. The van der Waals surface area contributed by atoms with E-state index in [1.807, 2.05) is 54.6 Å². The standard InChI is InChI=1S/C38H32P2S2/c41-39(34-18-8-2-9-19-34,35-20-10-3-11-21-35)30-38(33-28-26-32(27-29-33)31-16-6-1-7-17-31)40(42,36-22-12-4-13-23-36)37-24-14-5-15-25-37/h1-29,38H,30H2/i30D. The first-order valence-corrected chi connectivity index (χ1v) is 19.8. The topological polar surface area (TPSA) is 0 Å². The fourth-order valence-electron chi connectivity index (χ4n) is 5.48. The van der Waals surface area contributed by atoms with Crippen molar-refractivity contribution in [2.45, 2.75) is 5.66 Å². The molecule has 0 aromatic heterocycles. The fraction of sp³-hybridized carbons (Fsp3) is 0.0526. The summed E-state index contributed by atoms with van der Waals surface area (Å²) in [6.07, 6.45) is -0.666. The molecular formula is C38H32P2S2. The third kappa shape index (κ3) is 5.78. The van der Waals surface area contributed by atoms with Gasteiger partial charge in [-0.3, -0.25) is 0 Å². The predicted octanol–water partition coefficient (Wildman–Crippen LogP) is 8.66. The van der Waals surface area contributed by atoms with Crippen molar-refractivity contribution in [2.75, 3.05) is 6.14 Å². The Morgan fingerprint density at radius 1 is 0.429 bits per heavy atom. The Morgan fingerprint density at radius 3 is 1.17 bits per heavy atom. The smallest absolute Gasteiger partial charge is 0.0340 e. The third-order valence-electron chi connectivity index (χ3n) is 7.66. The largest absolute Gasteiger partial charge is 0.0876 e. The van der Waals surface area contributed by atoms with Crippen LogP contribution in [0.5, 0.6) is 0 Å². The molecule has 0 saturated heterocycles. The molecule has 2 unspecified atom stereocenters. The molecule has 0 bridgehead atoms. The highest BCUT2D eigenvalue weighted by molar-refractivity contribution is 8.24. The minimum Gasteiger partial charge on any atom is -0.0876 e. The van der Waals surface area contributed by atoms with Gasteiger partial charge < -0.3 is 0 Å². The maximum absolute atomic E-state index is 10.4. The van der Waals surface area contributed by atoms with Crippen LogP contribution in [-0.2, 0) is 23.6 Å². The van der Waals surface area contributed by atoms with Gasteiger partial charge in [-0.25, -0.2) is 0 Å². The maximum atomic E-state index is 10.4. The summed E-state index contributed by atoms with van der Waals surface area (Å²) < 4.78 is 10.4. The van der Waals surface area contributed by atoms with E-state index in [-0.39, 0.29) is 5.66 Å². The molecule has 6 aromatic carbocycles. The van der Waals surface area contributed by atoms with Gasteiger partial charge in [0.15, 0.2) is 0 Å². The van der Waals surface area contributed by atoms with Gasteiger partial charge in [-0.1, -0.05) is 200 Å². The summed E-state index contributed by atoms with van der Waals surface area (Å²) >= 11 is 13.8. The van der Waals surface area contributed by atoms with Crippen LogP contribution in [0.1, 0.15) is 12.6 Å². The van der Waals surface area contributed by atoms with E-state index in [0.29, 0.717) is 0 Å². The van der Waals surface area contributed by atoms with Crippen LogP contribution in [0.4, 0.5) is 0 Å². The Morgan fingerprint density at radius 2 is 0.762 bits per heavy atom. The summed E-state index contributed by atoms with van der Waals surface area (Å²) in [6, 6.07) is 55.4. The molecule has 0 heterocycles. The second-order valence-electron chi connectivity index (χ2n) is 10.2. The molecule has 42 heavy (non-hydrogen) atoms. The van der Waals surface area contributed by atoms with Crippen LogP contribution < -0.4 is 21.2 Å². The van der Waals surface area contributed by atoms with Crippen LogP contribution in [0, 0.1) is 0 Å². The highest BCUT2D eigenvalue weighted by Crippen LogP contribution is 2.63. The molecule has 6 aromatic rings. The summed E-state index contributed by atoms with van der Waals surface area (Å²) in [4.78, 5) is 0. The molecule has 0 nitrogen and oxygen atoms in total. The minimum absolute atomic E-state index is 0.316. The fourth-order valence-corrected chi connectivity index (χ4v) is 15.0. The monoisotopic (exact) mass is 615 g/mol. The van der Waals surface area contributed by atoms with Gasteiger partial charge in [-0.15, -0.1) is 0 Å². The Balaban J connectivity index is 1.63. The number of benzene rings is 6. The van der Waals surface area contributed by atoms with Crippen LogP contribution in [0.2, 0.25) is 0 Å². The maximum Gasteiger partial charge on any atom is 0.0340 e. The van der Waals surface area contributed by atoms with Crippen molar-refractivity contribution < 1.29 is 1.37 Å². The van der Waals surface area contributed by atoms with Crippen molar-refractivity contribution in [1.82, 2.24) is 0 Å². The SMILES string of the molecule is [2H]C(C(c1ccc(-c2ccccc2)cc1)P(=S)(c1ccccc1)c1ccccc1)P(=S)(c1ccccc1)c1ccccc1. The zero-order chi connectivity index (χ0) is 29.7. The molecule has 0 radical (unpaired) electrons. The second kappa shape index (κ2) is 12.9. The van der Waals surface area contributed by atoms with Gasteiger partial charge in [0.25, 0.3) is 0 Å². The van der Waals surface area contributed by atoms with Gasteiger partial charge in [0.2, 0.25) is 0 Å². The second-order valence-corrected chi connectivity index (χ2v) is 19.2. The first kappa shape index (κ1) is 27.5. The summed E-state index contributed by atoms with van der Waals surface area (Å²) in [5.74, 6) is 0. The van der Waals surface area contributed by atoms with Gasteiger partial charge in [-0.05, 0) is 44.0 Å². The molecule has 0 aliphatic rings. The molecule has 0 aliphatic heterocycles. The van der Waals surface area contributed by atoms with Gasteiger partial charge >= 0.3 is 0 Å². The Labute approximate surface area is 261 Å². The first-order valence-electron chi connectivity index (χ1n) is 14.6. The lowest BCUT2D eigenvalue weighted by Crippen LogP contribution is -2.27. The number of rotatable bonds is 9. The lowest BCUT2D eigenvalue weighted by molar-refractivity contribution is 1.10. The summed E-state index contributed by atoms with van der Waals surface area (Å²) in [7, 11) is 0. The van der Waals surface area contributed by atoms with Crippen molar-refractivity contribution in [3.8, 4) is 11.1 Å². The normalized spacial score (nSPS) is 13.6. The third-order valence-corrected chi connectivity index (χ3v) is 17.7. The van der Waals surface area contributed by atoms with Gasteiger partial charge in [0.1, 0.15) is 0 Å². The minimum atomic E-state index is -2.68. The number of hydrogen-bond donors (Lipinski definition) is 0. The van der Waals surface area contributed by atoms with Crippen molar-refractivity contribution in [1.29, 1.82) is 0 Å². The van der Waals surface area contributed by atoms with Crippen molar-refractivity contribution in [3.63, 3.8) is 0 Å². The molecule has 0 fully saturated rings. The predicted molar refractivity (Wildman–Crippen MR) is 192 cm³/mol. The molecule has 206 valence electrons. The zero-order valence-electron chi connectivity index (χ0n) is 24.1. The number of hydrogen-bond acceptors (Lipinski definition) is 2. The molecule has 0 saturated carbocycles. The Kier molecular flexibility index (Phi) is 8.41. The van der Waals surface area contributed by atoms with Crippen molar-refractivity contribution in [3.05, 3.63) is 181 Å². The average molecular weight is 616 g/mol. The van der Waals surface area contributed by atoms with E-state index in [1.54, 1.807) is 0 Å². The van der Waals surface area contributed by atoms with Crippen LogP contribution in [0.15, 0.2) is 176 Å². The molecule has 4 heteroatoms. The van der Waals surface area contributed by atoms with Gasteiger partial charge in [-0.2, -0.15) is 0 Å². The average Bonchev–Trinajstić information content (AvgIpc) is 3.10. The van der Waals surface area contributed by atoms with Gasteiger partial charge in [0.05, 0.1) is 0 Å². The molecule has 0 spiro atoms. The van der Waals surface area contributed by atoms with E-state index in [2.05, 4.69) is 121 Å². The van der Waals surface area contributed by atoms with E-state index in [4.69, 9.17) is 23.6 Å². The highest BCUT2D eigenvalue weighted by Gasteiger charge is 2.38. The van der Waals surface area contributed by atoms with Crippen LogP contribution in [-0.4, -0.2) is 6.14 Å². The van der Waals surface area contributed by atoms with E-state index in [9.17, 15) is 1.37 Å². The quantitative estimate of drug-likeness (QED) is 0.149. The molecule has 0 aliphatic carbocycles. The van der Waals surface area contributed by atoms with Gasteiger partial charge in [0, 0.05) is 19.1 Å². The van der Waals surface area contributed by atoms with E-state index in [0.717, 1.165) is 37.9 Å². The lowest BCUT2D eigenvalue weighted by Gasteiger charge is -2.37. The molecule has 2 atom stereocenters. The van der Waals surface area contributed by atoms with Crippen LogP contribution >= 0.6 is 12.1 Å². The molecular weight excluding hydrogens is 583 g/mol. The summed E-state index contributed by atoms with van der Waals surface area (Å²) in [5, 5.41) is 4.30. The van der Waals surface area contributed by atoms with E-state index < -0.39 is 18.2 Å². The zero-order valence-corrected chi connectivity index (χ0v) is 26.5.